The molecule has 0 bridgehead atoms. The molecule has 0 spiro atoms. The first-order valence-corrected chi connectivity index (χ1v) is 5.00. The van der Waals surface area contributed by atoms with Gasteiger partial charge in [0.15, 0.2) is 0 Å². The van der Waals surface area contributed by atoms with Crippen LogP contribution in [0.25, 0.3) is 0 Å². The van der Waals surface area contributed by atoms with Gasteiger partial charge in [0.25, 0.3) is 0 Å². The van der Waals surface area contributed by atoms with Crippen LogP contribution in [0.5, 0.6) is 0 Å². The van der Waals surface area contributed by atoms with Gasteiger partial charge in [0, 0.05) is 0 Å². The lowest BCUT2D eigenvalue weighted by Gasteiger charge is -2.25. The molecule has 70 valence electrons. The lowest BCUT2D eigenvalue weighted by Crippen LogP contribution is -2.21. The van der Waals surface area contributed by atoms with Crippen LogP contribution in [0.1, 0.15) is 46.0 Å². The maximum Gasteiger partial charge on any atom is 0.0909 e. The standard InChI is InChI=1S/C10H20N2/c1-8(12-9(2)11)10-6-4-3-5-7-10/h8,10H,3-7H2,1-2H3,(H2,11,12). The number of rotatable bonds is 2. The normalized spacial score (nSPS) is 24.0. The van der Waals surface area contributed by atoms with E-state index in [1.807, 2.05) is 6.92 Å². The van der Waals surface area contributed by atoms with Gasteiger partial charge in [-0.05, 0) is 32.6 Å². The summed E-state index contributed by atoms with van der Waals surface area (Å²) in [6.07, 6.45) is 6.87. The zero-order chi connectivity index (χ0) is 8.97. The lowest BCUT2D eigenvalue weighted by molar-refractivity contribution is 0.317. The average molecular weight is 168 g/mol. The lowest BCUT2D eigenvalue weighted by atomic mass is 9.85. The zero-order valence-corrected chi connectivity index (χ0v) is 8.21. The van der Waals surface area contributed by atoms with E-state index in [2.05, 4.69) is 11.9 Å². The van der Waals surface area contributed by atoms with Gasteiger partial charge >= 0.3 is 0 Å². The van der Waals surface area contributed by atoms with Gasteiger partial charge in [-0.25, -0.2) is 0 Å². The van der Waals surface area contributed by atoms with Crippen LogP contribution in [0.15, 0.2) is 4.99 Å². The van der Waals surface area contributed by atoms with Crippen molar-refractivity contribution in [2.24, 2.45) is 16.6 Å². The predicted molar refractivity (Wildman–Crippen MR) is 53.3 cm³/mol. The molecular weight excluding hydrogens is 148 g/mol. The number of hydrogen-bond acceptors (Lipinski definition) is 1. The van der Waals surface area contributed by atoms with Crippen molar-refractivity contribution in [2.45, 2.75) is 52.0 Å². The highest BCUT2D eigenvalue weighted by Gasteiger charge is 2.18. The van der Waals surface area contributed by atoms with E-state index >= 15 is 0 Å². The van der Waals surface area contributed by atoms with Crippen LogP contribution < -0.4 is 5.73 Å². The highest BCUT2D eigenvalue weighted by atomic mass is 14.9. The van der Waals surface area contributed by atoms with E-state index in [1.54, 1.807) is 0 Å². The number of amidine groups is 1. The van der Waals surface area contributed by atoms with Gasteiger partial charge in [0.2, 0.25) is 0 Å². The van der Waals surface area contributed by atoms with E-state index < -0.39 is 0 Å². The van der Waals surface area contributed by atoms with Crippen molar-refractivity contribution < 1.29 is 0 Å². The third kappa shape index (κ3) is 2.84. The zero-order valence-electron chi connectivity index (χ0n) is 8.21. The number of nitrogens with zero attached hydrogens (tertiary/aromatic N) is 1. The second-order valence-corrected chi connectivity index (χ2v) is 3.91. The Balaban J connectivity index is 2.39. The molecule has 12 heavy (non-hydrogen) atoms. The van der Waals surface area contributed by atoms with Gasteiger partial charge in [-0.3, -0.25) is 4.99 Å². The molecule has 0 aromatic rings. The Labute approximate surface area is 75.3 Å². The minimum absolute atomic E-state index is 0.440. The Bertz CT molecular complexity index is 153. The Hall–Kier alpha value is -0.530. The molecule has 2 N–H and O–H groups in total. The second-order valence-electron chi connectivity index (χ2n) is 3.91. The van der Waals surface area contributed by atoms with E-state index in [9.17, 15) is 0 Å². The van der Waals surface area contributed by atoms with Crippen molar-refractivity contribution in [3.63, 3.8) is 0 Å². The van der Waals surface area contributed by atoms with E-state index in [0.29, 0.717) is 6.04 Å². The summed E-state index contributed by atoms with van der Waals surface area (Å²) in [5, 5.41) is 0. The Morgan fingerprint density at radius 1 is 1.33 bits per heavy atom. The van der Waals surface area contributed by atoms with Crippen molar-refractivity contribution >= 4 is 5.84 Å². The summed E-state index contributed by atoms with van der Waals surface area (Å²) < 4.78 is 0. The molecule has 0 heterocycles. The quantitative estimate of drug-likeness (QED) is 0.499. The maximum absolute atomic E-state index is 5.55. The van der Waals surface area contributed by atoms with Crippen LogP contribution in [0.2, 0.25) is 0 Å². The molecule has 2 nitrogen and oxygen atoms in total. The summed E-state index contributed by atoms with van der Waals surface area (Å²) in [5.41, 5.74) is 5.55. The molecule has 0 saturated heterocycles. The first-order valence-electron chi connectivity index (χ1n) is 5.00. The number of aliphatic imine (C=N–C) groups is 1. The van der Waals surface area contributed by atoms with Gasteiger partial charge < -0.3 is 5.73 Å². The smallest absolute Gasteiger partial charge is 0.0909 e. The molecule has 1 unspecified atom stereocenters. The molecule has 1 atom stereocenters. The topological polar surface area (TPSA) is 38.4 Å². The Morgan fingerprint density at radius 3 is 2.42 bits per heavy atom. The van der Waals surface area contributed by atoms with Gasteiger partial charge in [-0.15, -0.1) is 0 Å². The van der Waals surface area contributed by atoms with Gasteiger partial charge in [0.1, 0.15) is 0 Å². The summed E-state index contributed by atoms with van der Waals surface area (Å²) in [6, 6.07) is 0.440. The van der Waals surface area contributed by atoms with Crippen molar-refractivity contribution in [3.05, 3.63) is 0 Å². The van der Waals surface area contributed by atoms with Crippen LogP contribution in [-0.4, -0.2) is 11.9 Å². The molecule has 0 aromatic carbocycles. The number of hydrogen-bond donors (Lipinski definition) is 1. The average Bonchev–Trinajstić information content (AvgIpc) is 2.05. The SMILES string of the molecule is CC(N)=NC(C)C1CCCCC1. The first kappa shape index (κ1) is 9.56. The van der Waals surface area contributed by atoms with Crippen molar-refractivity contribution in [3.8, 4) is 0 Å². The fraction of sp³-hybridized carbons (Fsp3) is 0.900. The summed E-state index contributed by atoms with van der Waals surface area (Å²) in [6.45, 7) is 4.06. The molecule has 1 aliphatic rings. The first-order chi connectivity index (χ1) is 5.70. The van der Waals surface area contributed by atoms with E-state index in [0.717, 1.165) is 11.8 Å². The predicted octanol–water partition coefficient (Wildman–Crippen LogP) is 2.33. The van der Waals surface area contributed by atoms with Crippen LogP contribution in [-0.2, 0) is 0 Å². The van der Waals surface area contributed by atoms with Crippen LogP contribution in [0, 0.1) is 5.92 Å². The molecule has 1 saturated carbocycles. The number of nitrogens with two attached hydrogens (primary N) is 1. The van der Waals surface area contributed by atoms with E-state index in [-0.39, 0.29) is 0 Å². The Kier molecular flexibility index (Phi) is 3.57. The van der Waals surface area contributed by atoms with Gasteiger partial charge in [-0.1, -0.05) is 19.3 Å². The molecule has 0 aliphatic heterocycles. The summed E-state index contributed by atoms with van der Waals surface area (Å²) in [4.78, 5) is 4.40. The largest absolute Gasteiger partial charge is 0.388 e. The molecule has 2 heteroatoms. The highest BCUT2D eigenvalue weighted by Crippen LogP contribution is 2.27. The molecule has 0 amide bonds. The molecule has 1 aliphatic carbocycles. The molecule has 0 aromatic heterocycles. The van der Waals surface area contributed by atoms with Crippen molar-refractivity contribution in [1.82, 2.24) is 0 Å². The van der Waals surface area contributed by atoms with Crippen molar-refractivity contribution in [2.75, 3.05) is 0 Å². The van der Waals surface area contributed by atoms with E-state index in [1.165, 1.54) is 32.1 Å². The summed E-state index contributed by atoms with van der Waals surface area (Å²) in [5.74, 6) is 1.52. The van der Waals surface area contributed by atoms with Crippen LogP contribution >= 0.6 is 0 Å². The van der Waals surface area contributed by atoms with Crippen LogP contribution in [0.3, 0.4) is 0 Å². The minimum atomic E-state index is 0.440. The fourth-order valence-corrected chi connectivity index (χ4v) is 2.04. The monoisotopic (exact) mass is 168 g/mol. The van der Waals surface area contributed by atoms with Gasteiger partial charge in [-0.2, -0.15) is 0 Å². The Morgan fingerprint density at radius 2 is 1.92 bits per heavy atom. The fourth-order valence-electron chi connectivity index (χ4n) is 2.04. The molecule has 1 fully saturated rings. The van der Waals surface area contributed by atoms with Crippen LogP contribution in [0.4, 0.5) is 0 Å². The molecule has 1 rings (SSSR count). The summed E-state index contributed by atoms with van der Waals surface area (Å²) in [7, 11) is 0. The third-order valence-electron chi connectivity index (χ3n) is 2.74. The maximum atomic E-state index is 5.55. The van der Waals surface area contributed by atoms with E-state index in [4.69, 9.17) is 5.73 Å². The molecule has 0 radical (unpaired) electrons. The highest BCUT2D eigenvalue weighted by molar-refractivity contribution is 5.77. The summed E-state index contributed by atoms with van der Waals surface area (Å²) >= 11 is 0. The minimum Gasteiger partial charge on any atom is -0.388 e. The van der Waals surface area contributed by atoms with Crippen molar-refractivity contribution in [1.29, 1.82) is 0 Å². The third-order valence-corrected chi connectivity index (χ3v) is 2.74. The molecular formula is C10H20N2. The van der Waals surface area contributed by atoms with Gasteiger partial charge in [0.05, 0.1) is 11.9 Å². The second kappa shape index (κ2) is 4.48.